The van der Waals surface area contributed by atoms with Crippen molar-refractivity contribution in [2.75, 3.05) is 0 Å². The standard InChI is InChI=1S/C10H9NO4/c12-9(13)4-6-5-11-10-7(6)2-1-3-8(10)15-14/h1-3,5,11,14H,4H2,(H,12,13). The molecule has 0 unspecified atom stereocenters. The van der Waals surface area contributed by atoms with Crippen molar-refractivity contribution in [3.05, 3.63) is 30.0 Å². The fourth-order valence-electron chi connectivity index (χ4n) is 1.57. The number of fused-ring (bicyclic) bond motifs is 1. The Morgan fingerprint density at radius 1 is 1.47 bits per heavy atom. The van der Waals surface area contributed by atoms with Gasteiger partial charge in [0.15, 0.2) is 5.75 Å². The van der Waals surface area contributed by atoms with Gasteiger partial charge in [0.1, 0.15) is 0 Å². The van der Waals surface area contributed by atoms with Crippen LogP contribution in [0.5, 0.6) is 5.75 Å². The molecule has 0 radical (unpaired) electrons. The summed E-state index contributed by atoms with van der Waals surface area (Å²) in [7, 11) is 0. The maximum atomic E-state index is 10.6. The molecule has 0 amide bonds. The van der Waals surface area contributed by atoms with Crippen LogP contribution in [0.4, 0.5) is 0 Å². The Labute approximate surface area is 84.8 Å². The summed E-state index contributed by atoms with van der Waals surface area (Å²) in [5.41, 5.74) is 1.26. The van der Waals surface area contributed by atoms with E-state index in [1.807, 2.05) is 0 Å². The molecule has 1 aromatic heterocycles. The van der Waals surface area contributed by atoms with Gasteiger partial charge in [-0.2, -0.15) is 0 Å². The number of carboxylic acids is 1. The van der Waals surface area contributed by atoms with Crippen LogP contribution in [-0.2, 0) is 11.2 Å². The average molecular weight is 207 g/mol. The number of carbonyl (C=O) groups is 1. The largest absolute Gasteiger partial charge is 0.481 e. The maximum Gasteiger partial charge on any atom is 0.307 e. The fraction of sp³-hybridized carbons (Fsp3) is 0.100. The lowest BCUT2D eigenvalue weighted by Crippen LogP contribution is -1.98. The Morgan fingerprint density at radius 2 is 2.27 bits per heavy atom. The monoisotopic (exact) mass is 207 g/mol. The molecule has 3 N–H and O–H groups in total. The molecule has 0 aliphatic rings. The van der Waals surface area contributed by atoms with E-state index in [0.29, 0.717) is 11.1 Å². The second kappa shape index (κ2) is 3.62. The smallest absolute Gasteiger partial charge is 0.307 e. The molecule has 15 heavy (non-hydrogen) atoms. The van der Waals surface area contributed by atoms with Crippen LogP contribution in [0.15, 0.2) is 24.4 Å². The lowest BCUT2D eigenvalue weighted by molar-refractivity contribution is -0.136. The third kappa shape index (κ3) is 1.64. The molecule has 5 heteroatoms. The molecule has 1 aromatic carbocycles. The number of hydrogen-bond donors (Lipinski definition) is 3. The second-order valence-corrected chi connectivity index (χ2v) is 3.15. The number of rotatable bonds is 3. The Balaban J connectivity index is 2.55. The van der Waals surface area contributed by atoms with Crippen molar-refractivity contribution >= 4 is 16.9 Å². The normalized spacial score (nSPS) is 10.5. The predicted molar refractivity (Wildman–Crippen MR) is 52.9 cm³/mol. The average Bonchev–Trinajstić information content (AvgIpc) is 2.61. The first kappa shape index (κ1) is 9.54. The summed E-state index contributed by atoms with van der Waals surface area (Å²) in [4.78, 5) is 17.6. The van der Waals surface area contributed by atoms with Crippen molar-refractivity contribution in [2.24, 2.45) is 0 Å². The van der Waals surface area contributed by atoms with Crippen LogP contribution in [-0.4, -0.2) is 21.3 Å². The first-order chi connectivity index (χ1) is 7.22. The van der Waals surface area contributed by atoms with Gasteiger partial charge >= 0.3 is 5.97 Å². The molecular weight excluding hydrogens is 198 g/mol. The summed E-state index contributed by atoms with van der Waals surface area (Å²) in [5.74, 6) is -0.615. The Hall–Kier alpha value is -2.01. The number of para-hydroxylation sites is 1. The predicted octanol–water partition coefficient (Wildman–Crippen LogP) is 1.65. The highest BCUT2D eigenvalue weighted by atomic mass is 17.1. The lowest BCUT2D eigenvalue weighted by atomic mass is 10.1. The molecule has 2 aromatic rings. The Morgan fingerprint density at radius 3 is 2.93 bits per heavy atom. The summed E-state index contributed by atoms with van der Waals surface area (Å²) < 4.78 is 0. The highest BCUT2D eigenvalue weighted by molar-refractivity contribution is 5.90. The van der Waals surface area contributed by atoms with Gasteiger partial charge in [0, 0.05) is 11.6 Å². The molecule has 0 fully saturated rings. The van der Waals surface area contributed by atoms with Crippen molar-refractivity contribution in [1.82, 2.24) is 4.98 Å². The van der Waals surface area contributed by atoms with E-state index in [9.17, 15) is 4.79 Å². The molecule has 0 saturated carbocycles. The van der Waals surface area contributed by atoms with Crippen molar-refractivity contribution in [1.29, 1.82) is 0 Å². The summed E-state index contributed by atoms with van der Waals surface area (Å²) in [6.07, 6.45) is 1.54. The molecule has 5 nitrogen and oxygen atoms in total. The number of aromatic amines is 1. The highest BCUT2D eigenvalue weighted by Gasteiger charge is 2.10. The summed E-state index contributed by atoms with van der Waals surface area (Å²) >= 11 is 0. The van der Waals surface area contributed by atoms with Gasteiger partial charge in [-0.05, 0) is 11.6 Å². The topological polar surface area (TPSA) is 82.5 Å². The number of carboxylic acid groups (broad SMARTS) is 1. The number of H-pyrrole nitrogens is 1. The van der Waals surface area contributed by atoms with Crippen LogP contribution < -0.4 is 4.89 Å². The molecule has 2 rings (SSSR count). The Kier molecular flexibility index (Phi) is 2.31. The van der Waals surface area contributed by atoms with Gasteiger partial charge in [0.2, 0.25) is 0 Å². The van der Waals surface area contributed by atoms with Crippen LogP contribution in [0.1, 0.15) is 5.56 Å². The van der Waals surface area contributed by atoms with Gasteiger partial charge in [-0.25, -0.2) is 5.26 Å². The summed E-state index contributed by atoms with van der Waals surface area (Å²) in [5, 5.41) is 18.0. The molecular formula is C10H9NO4. The van der Waals surface area contributed by atoms with Crippen molar-refractivity contribution in [3.8, 4) is 5.75 Å². The molecule has 0 aliphatic carbocycles. The number of aromatic nitrogens is 1. The maximum absolute atomic E-state index is 10.6. The summed E-state index contributed by atoms with van der Waals surface area (Å²) in [6, 6.07) is 5.04. The SMILES string of the molecule is O=C(O)Cc1c[nH]c2c(OO)cccc12. The van der Waals surface area contributed by atoms with Crippen LogP contribution in [0.2, 0.25) is 0 Å². The highest BCUT2D eigenvalue weighted by Crippen LogP contribution is 2.26. The van der Waals surface area contributed by atoms with E-state index in [1.54, 1.807) is 24.4 Å². The van der Waals surface area contributed by atoms with Crippen LogP contribution in [0.3, 0.4) is 0 Å². The molecule has 0 spiro atoms. The van der Waals surface area contributed by atoms with Crippen LogP contribution in [0.25, 0.3) is 10.9 Å². The summed E-state index contributed by atoms with van der Waals surface area (Å²) in [6.45, 7) is 0. The molecule has 0 saturated heterocycles. The minimum Gasteiger partial charge on any atom is -0.481 e. The minimum atomic E-state index is -0.897. The zero-order valence-corrected chi connectivity index (χ0v) is 7.73. The number of hydrogen-bond acceptors (Lipinski definition) is 3. The van der Waals surface area contributed by atoms with E-state index in [2.05, 4.69) is 9.87 Å². The van der Waals surface area contributed by atoms with E-state index in [-0.39, 0.29) is 12.2 Å². The molecule has 78 valence electrons. The van der Waals surface area contributed by atoms with Gasteiger partial charge < -0.3 is 15.0 Å². The van der Waals surface area contributed by atoms with Crippen molar-refractivity contribution in [2.45, 2.75) is 6.42 Å². The second-order valence-electron chi connectivity index (χ2n) is 3.15. The molecule has 0 atom stereocenters. The van der Waals surface area contributed by atoms with E-state index >= 15 is 0 Å². The first-order valence-corrected chi connectivity index (χ1v) is 4.34. The molecule has 0 bridgehead atoms. The van der Waals surface area contributed by atoms with Crippen LogP contribution in [0, 0.1) is 0 Å². The number of benzene rings is 1. The van der Waals surface area contributed by atoms with Gasteiger partial charge in [0.25, 0.3) is 0 Å². The van der Waals surface area contributed by atoms with Gasteiger partial charge in [0.05, 0.1) is 11.9 Å². The first-order valence-electron chi connectivity index (χ1n) is 4.34. The fourth-order valence-corrected chi connectivity index (χ4v) is 1.57. The van der Waals surface area contributed by atoms with Crippen molar-refractivity contribution < 1.29 is 20.0 Å². The zero-order chi connectivity index (χ0) is 10.8. The van der Waals surface area contributed by atoms with E-state index < -0.39 is 5.97 Å². The minimum absolute atomic E-state index is 0.0606. The number of nitrogens with one attached hydrogen (secondary N) is 1. The van der Waals surface area contributed by atoms with E-state index in [0.717, 1.165) is 5.39 Å². The molecule has 1 heterocycles. The van der Waals surface area contributed by atoms with Crippen LogP contribution >= 0.6 is 0 Å². The van der Waals surface area contributed by atoms with Gasteiger partial charge in [-0.15, -0.1) is 0 Å². The quantitative estimate of drug-likeness (QED) is 0.527. The van der Waals surface area contributed by atoms with E-state index in [4.69, 9.17) is 10.4 Å². The Bertz CT molecular complexity index is 503. The third-order valence-electron chi connectivity index (χ3n) is 2.20. The van der Waals surface area contributed by atoms with Gasteiger partial charge in [-0.1, -0.05) is 12.1 Å². The van der Waals surface area contributed by atoms with Crippen molar-refractivity contribution in [3.63, 3.8) is 0 Å². The molecule has 0 aliphatic heterocycles. The number of aliphatic carboxylic acids is 1. The zero-order valence-electron chi connectivity index (χ0n) is 7.73. The lowest BCUT2D eigenvalue weighted by Gasteiger charge is -1.98. The van der Waals surface area contributed by atoms with Gasteiger partial charge in [-0.3, -0.25) is 4.79 Å². The van der Waals surface area contributed by atoms with E-state index in [1.165, 1.54) is 0 Å². The third-order valence-corrected chi connectivity index (χ3v) is 2.20.